The first kappa shape index (κ1) is 24.2. The quantitative estimate of drug-likeness (QED) is 0.245. The Kier molecular flexibility index (Phi) is 10.6. The number of aliphatic imine (C=N–C) groups is 1. The molecule has 8 heteroatoms. The van der Waals surface area contributed by atoms with E-state index in [1.165, 1.54) is 11.1 Å². The van der Waals surface area contributed by atoms with E-state index in [-0.39, 0.29) is 29.7 Å². The highest BCUT2D eigenvalue weighted by atomic mass is 127. The third-order valence-corrected chi connectivity index (χ3v) is 6.62. The van der Waals surface area contributed by atoms with E-state index >= 15 is 0 Å². The molecule has 0 aliphatic carbocycles. The Hall–Kier alpha value is -0.870. The summed E-state index contributed by atoms with van der Waals surface area (Å²) < 4.78 is 25.1. The molecule has 1 aliphatic rings. The molecule has 0 unspecified atom stereocenters. The van der Waals surface area contributed by atoms with Crippen LogP contribution in [0.4, 0.5) is 0 Å². The van der Waals surface area contributed by atoms with Crippen LogP contribution in [0.1, 0.15) is 43.7 Å². The Morgan fingerprint density at radius 1 is 1.19 bits per heavy atom. The zero-order valence-corrected chi connectivity index (χ0v) is 19.7. The van der Waals surface area contributed by atoms with Gasteiger partial charge in [-0.1, -0.05) is 38.1 Å². The molecular formula is C19H33IN4O2S. The van der Waals surface area contributed by atoms with Gasteiger partial charge < -0.3 is 10.6 Å². The lowest BCUT2D eigenvalue weighted by Gasteiger charge is -2.16. The molecule has 1 heterocycles. The Labute approximate surface area is 181 Å². The molecule has 6 nitrogen and oxygen atoms in total. The normalized spacial score (nSPS) is 17.0. The lowest BCUT2D eigenvalue weighted by Crippen LogP contribution is -2.42. The molecule has 2 rings (SSSR count). The van der Waals surface area contributed by atoms with Crippen molar-refractivity contribution in [1.82, 2.24) is 14.9 Å². The van der Waals surface area contributed by atoms with E-state index in [0.717, 1.165) is 31.8 Å². The van der Waals surface area contributed by atoms with Gasteiger partial charge in [0.25, 0.3) is 0 Å². The van der Waals surface area contributed by atoms with Crippen molar-refractivity contribution in [1.29, 1.82) is 0 Å². The first-order valence-corrected chi connectivity index (χ1v) is 11.0. The molecule has 0 atom stereocenters. The van der Waals surface area contributed by atoms with Crippen LogP contribution in [0.3, 0.4) is 0 Å². The van der Waals surface area contributed by atoms with Gasteiger partial charge in [0.2, 0.25) is 10.0 Å². The lowest BCUT2D eigenvalue weighted by molar-refractivity contribution is 0.445. The van der Waals surface area contributed by atoms with Gasteiger partial charge in [0.1, 0.15) is 0 Å². The van der Waals surface area contributed by atoms with Crippen molar-refractivity contribution in [2.45, 2.75) is 39.0 Å². The molecule has 1 aliphatic heterocycles. The Morgan fingerprint density at radius 2 is 1.85 bits per heavy atom. The minimum Gasteiger partial charge on any atom is -0.356 e. The van der Waals surface area contributed by atoms with Crippen LogP contribution in [0.5, 0.6) is 0 Å². The number of nitrogens with zero attached hydrogens (tertiary/aromatic N) is 2. The molecule has 1 aromatic rings. The van der Waals surface area contributed by atoms with Crippen LogP contribution in [0.15, 0.2) is 29.3 Å². The topological polar surface area (TPSA) is 73.8 Å². The van der Waals surface area contributed by atoms with Crippen LogP contribution >= 0.6 is 24.0 Å². The second-order valence-electron chi connectivity index (χ2n) is 6.99. The van der Waals surface area contributed by atoms with Gasteiger partial charge in [-0.15, -0.1) is 24.0 Å². The number of hydrogen-bond acceptors (Lipinski definition) is 3. The number of benzene rings is 1. The van der Waals surface area contributed by atoms with E-state index in [1.807, 2.05) is 0 Å². The number of guanidine groups is 1. The Bertz CT molecular complexity index is 690. The highest BCUT2D eigenvalue weighted by Gasteiger charge is 2.27. The van der Waals surface area contributed by atoms with Crippen LogP contribution in [-0.2, 0) is 16.4 Å². The molecule has 1 fully saturated rings. The van der Waals surface area contributed by atoms with Gasteiger partial charge in [-0.2, -0.15) is 0 Å². The second kappa shape index (κ2) is 11.9. The predicted molar refractivity (Wildman–Crippen MR) is 124 cm³/mol. The number of sulfonamides is 1. The van der Waals surface area contributed by atoms with Crippen molar-refractivity contribution in [2.24, 2.45) is 4.99 Å². The number of halogens is 1. The van der Waals surface area contributed by atoms with Gasteiger partial charge >= 0.3 is 0 Å². The van der Waals surface area contributed by atoms with Crippen LogP contribution in [0, 0.1) is 0 Å². The molecule has 0 aromatic heterocycles. The fraction of sp³-hybridized carbons (Fsp3) is 0.632. The maximum absolute atomic E-state index is 11.8. The van der Waals surface area contributed by atoms with Crippen LogP contribution < -0.4 is 10.6 Å². The molecule has 27 heavy (non-hydrogen) atoms. The standard InChI is InChI=1S/C19H32N4O2S.HI/c1-16(2)18-9-7-17(8-10-18)6-4-11-21-19(20-3)22-12-14-23-13-5-15-26(23,24)25;/h7-10,16H,4-6,11-15H2,1-3H3,(H2,20,21,22);1H. The van der Waals surface area contributed by atoms with Gasteiger partial charge in [-0.05, 0) is 36.3 Å². The van der Waals surface area contributed by atoms with Crippen LogP contribution in [-0.4, -0.2) is 57.7 Å². The molecular weight excluding hydrogens is 475 g/mol. The summed E-state index contributed by atoms with van der Waals surface area (Å²) in [7, 11) is -1.29. The van der Waals surface area contributed by atoms with Gasteiger partial charge in [0.05, 0.1) is 5.75 Å². The third-order valence-electron chi connectivity index (χ3n) is 4.66. The highest BCUT2D eigenvalue weighted by Crippen LogP contribution is 2.15. The molecule has 0 bridgehead atoms. The summed E-state index contributed by atoms with van der Waals surface area (Å²) in [6, 6.07) is 8.83. The van der Waals surface area contributed by atoms with E-state index in [0.29, 0.717) is 25.6 Å². The molecule has 0 amide bonds. The monoisotopic (exact) mass is 508 g/mol. The fourth-order valence-electron chi connectivity index (χ4n) is 3.03. The van der Waals surface area contributed by atoms with E-state index in [4.69, 9.17) is 0 Å². The molecule has 2 N–H and O–H groups in total. The summed E-state index contributed by atoms with van der Waals surface area (Å²) in [4.78, 5) is 4.19. The molecule has 0 radical (unpaired) electrons. The van der Waals surface area contributed by atoms with Gasteiger partial charge in [0, 0.05) is 33.2 Å². The van der Waals surface area contributed by atoms with E-state index in [9.17, 15) is 8.42 Å². The first-order valence-electron chi connectivity index (χ1n) is 9.43. The summed E-state index contributed by atoms with van der Waals surface area (Å²) in [6.07, 6.45) is 2.77. The summed E-state index contributed by atoms with van der Waals surface area (Å²) in [5.41, 5.74) is 2.72. The summed E-state index contributed by atoms with van der Waals surface area (Å²) >= 11 is 0. The average molecular weight is 508 g/mol. The van der Waals surface area contributed by atoms with Crippen molar-refractivity contribution < 1.29 is 8.42 Å². The smallest absolute Gasteiger partial charge is 0.214 e. The van der Waals surface area contributed by atoms with Crippen LogP contribution in [0.25, 0.3) is 0 Å². The largest absolute Gasteiger partial charge is 0.356 e. The zero-order valence-electron chi connectivity index (χ0n) is 16.6. The minimum absolute atomic E-state index is 0. The average Bonchev–Trinajstić information content (AvgIpc) is 2.95. The van der Waals surface area contributed by atoms with Gasteiger partial charge in [-0.25, -0.2) is 12.7 Å². The zero-order chi connectivity index (χ0) is 19.0. The lowest BCUT2D eigenvalue weighted by atomic mass is 10.0. The molecule has 154 valence electrons. The molecule has 1 saturated heterocycles. The first-order chi connectivity index (χ1) is 12.4. The second-order valence-corrected chi connectivity index (χ2v) is 9.08. The van der Waals surface area contributed by atoms with Crippen molar-refractivity contribution in [3.8, 4) is 0 Å². The Morgan fingerprint density at radius 3 is 2.41 bits per heavy atom. The summed E-state index contributed by atoms with van der Waals surface area (Å²) in [5.74, 6) is 1.56. The third kappa shape index (κ3) is 7.95. The number of rotatable bonds is 8. The van der Waals surface area contributed by atoms with Crippen molar-refractivity contribution in [2.75, 3.05) is 39.0 Å². The van der Waals surface area contributed by atoms with Crippen molar-refractivity contribution >= 4 is 40.0 Å². The molecule has 1 aromatic carbocycles. The maximum atomic E-state index is 11.8. The highest BCUT2D eigenvalue weighted by molar-refractivity contribution is 14.0. The number of nitrogens with one attached hydrogen (secondary N) is 2. The molecule has 0 saturated carbocycles. The predicted octanol–water partition coefficient (Wildman–Crippen LogP) is 2.56. The Balaban J connectivity index is 0.00000364. The van der Waals surface area contributed by atoms with Crippen LogP contribution in [0.2, 0.25) is 0 Å². The van der Waals surface area contributed by atoms with Crippen molar-refractivity contribution in [3.63, 3.8) is 0 Å². The SMILES string of the molecule is CN=C(NCCCc1ccc(C(C)C)cc1)NCCN1CCCS1(=O)=O.I. The van der Waals surface area contributed by atoms with E-state index in [1.54, 1.807) is 11.4 Å². The number of hydrogen-bond donors (Lipinski definition) is 2. The molecule has 0 spiro atoms. The van der Waals surface area contributed by atoms with E-state index < -0.39 is 10.0 Å². The fourth-order valence-corrected chi connectivity index (χ4v) is 4.56. The summed E-state index contributed by atoms with van der Waals surface area (Å²) in [6.45, 7) is 6.92. The van der Waals surface area contributed by atoms with Crippen molar-refractivity contribution in [3.05, 3.63) is 35.4 Å². The minimum atomic E-state index is -3.02. The maximum Gasteiger partial charge on any atom is 0.214 e. The summed E-state index contributed by atoms with van der Waals surface area (Å²) in [5, 5.41) is 6.47. The number of aryl methyl sites for hydroxylation is 1. The van der Waals surface area contributed by atoms with E-state index in [2.05, 4.69) is 53.7 Å². The van der Waals surface area contributed by atoms with Gasteiger partial charge in [0.15, 0.2) is 5.96 Å². The van der Waals surface area contributed by atoms with Gasteiger partial charge in [-0.3, -0.25) is 4.99 Å².